The van der Waals surface area contributed by atoms with Crippen LogP contribution in [-0.2, 0) is 13.1 Å². The van der Waals surface area contributed by atoms with E-state index in [0.29, 0.717) is 55.5 Å². The molecule has 202 valence electrons. The van der Waals surface area contributed by atoms with Crippen molar-refractivity contribution >= 4 is 36.1 Å². The predicted octanol–water partition coefficient (Wildman–Crippen LogP) is -0.234. The van der Waals surface area contributed by atoms with E-state index in [0.717, 1.165) is 0 Å². The Bertz CT molecular complexity index is 1920. The van der Waals surface area contributed by atoms with E-state index in [1.807, 2.05) is 6.07 Å². The van der Waals surface area contributed by atoms with Gasteiger partial charge in [0, 0.05) is 22.6 Å². The smallest absolute Gasteiger partial charge is 0.423 e. The average Bonchev–Trinajstić information content (AvgIpc) is 3.62. The van der Waals surface area contributed by atoms with Gasteiger partial charge in [-0.1, -0.05) is 59.0 Å². The van der Waals surface area contributed by atoms with Crippen molar-refractivity contribution in [1.29, 1.82) is 0 Å². The number of benzene rings is 3. The van der Waals surface area contributed by atoms with Crippen LogP contribution in [0.15, 0.2) is 94.4 Å². The Labute approximate surface area is 233 Å². The molecule has 0 aliphatic carbocycles. The highest BCUT2D eigenvalue weighted by Gasteiger charge is 2.20. The summed E-state index contributed by atoms with van der Waals surface area (Å²) >= 11 is 0. The van der Waals surface area contributed by atoms with Gasteiger partial charge in [0.05, 0.1) is 25.5 Å². The molecule has 41 heavy (non-hydrogen) atoms. The lowest BCUT2D eigenvalue weighted by Crippen LogP contribution is -2.33. The molecule has 4 N–H and O–H groups in total. The Balaban J connectivity index is 1.39. The van der Waals surface area contributed by atoms with Gasteiger partial charge in [-0.3, -0.25) is 0 Å². The third-order valence-electron chi connectivity index (χ3n) is 6.72. The molecule has 0 fully saturated rings. The summed E-state index contributed by atoms with van der Waals surface area (Å²) in [6, 6.07) is 20.4. The molecule has 3 heterocycles. The van der Waals surface area contributed by atoms with Crippen LogP contribution in [0.25, 0.3) is 33.5 Å². The number of hydrogen-bond donors (Lipinski definition) is 4. The molecule has 0 aliphatic heterocycles. The molecule has 0 spiro atoms. The lowest BCUT2D eigenvalue weighted by atomic mass is 9.77. The first-order chi connectivity index (χ1) is 19.9. The first kappa shape index (κ1) is 26.3. The lowest BCUT2D eigenvalue weighted by Gasteiger charge is -2.09. The van der Waals surface area contributed by atoms with Crippen molar-refractivity contribution in [2.75, 3.05) is 0 Å². The molecule has 0 aliphatic rings. The van der Waals surface area contributed by atoms with Crippen molar-refractivity contribution in [1.82, 2.24) is 30.0 Å². The summed E-state index contributed by atoms with van der Waals surface area (Å²) in [4.78, 5) is 11.9. The Hall–Kier alpha value is -4.88. The summed E-state index contributed by atoms with van der Waals surface area (Å²) < 4.78 is 8.58. The van der Waals surface area contributed by atoms with Crippen LogP contribution in [0, 0.1) is 0 Å². The number of fused-ring (bicyclic) bond motifs is 1. The Morgan fingerprint density at radius 3 is 1.73 bits per heavy atom. The minimum atomic E-state index is -1.63. The number of hydrogen-bond acceptors (Lipinski definition) is 10. The van der Waals surface area contributed by atoms with Crippen LogP contribution in [0.1, 0.15) is 11.1 Å². The van der Waals surface area contributed by atoms with E-state index < -0.39 is 19.9 Å². The van der Waals surface area contributed by atoms with E-state index in [1.54, 1.807) is 82.4 Å². The molecule has 0 saturated carbocycles. The number of nitrogens with zero attached hydrogens (tertiary/aromatic N) is 6. The summed E-state index contributed by atoms with van der Waals surface area (Å²) in [5, 5.41) is 56.7. The summed E-state index contributed by atoms with van der Waals surface area (Å²) in [5.41, 5.74) is 4.18. The summed E-state index contributed by atoms with van der Waals surface area (Å²) in [7, 11) is -3.24. The molecule has 6 rings (SSSR count). The normalized spacial score (nSPS) is 11.2. The van der Waals surface area contributed by atoms with Gasteiger partial charge in [-0.2, -0.15) is 0 Å². The third kappa shape index (κ3) is 5.44. The highest BCUT2D eigenvalue weighted by molar-refractivity contribution is 6.59. The fraction of sp³-hybridized carbons (Fsp3) is 0.0741. The molecule has 3 aromatic carbocycles. The van der Waals surface area contributed by atoms with Crippen molar-refractivity contribution in [2.45, 2.75) is 13.1 Å². The van der Waals surface area contributed by atoms with Crippen molar-refractivity contribution in [3.8, 4) is 22.5 Å². The summed E-state index contributed by atoms with van der Waals surface area (Å²) in [6.07, 6.45) is 3.43. The first-order valence-corrected chi connectivity index (χ1v) is 12.6. The summed E-state index contributed by atoms with van der Waals surface area (Å²) in [5.74, 6) is 0. The van der Waals surface area contributed by atoms with Crippen LogP contribution in [-0.4, -0.2) is 64.3 Å². The molecule has 3 aromatic heterocycles. The molecule has 0 amide bonds. The molecule has 6 aromatic rings. The van der Waals surface area contributed by atoms with Crippen LogP contribution in [0.4, 0.5) is 0 Å². The molecule has 0 saturated heterocycles. The zero-order valence-corrected chi connectivity index (χ0v) is 21.4. The molecule has 0 atom stereocenters. The van der Waals surface area contributed by atoms with Crippen LogP contribution in [0.3, 0.4) is 0 Å². The van der Waals surface area contributed by atoms with Crippen LogP contribution >= 0.6 is 0 Å². The highest BCUT2D eigenvalue weighted by atomic mass is 16.4. The van der Waals surface area contributed by atoms with E-state index >= 15 is 0 Å². The second-order valence-corrected chi connectivity index (χ2v) is 9.44. The quantitative estimate of drug-likeness (QED) is 0.147. The largest absolute Gasteiger partial charge is 0.488 e. The van der Waals surface area contributed by atoms with Crippen molar-refractivity contribution < 1.29 is 24.5 Å². The molecule has 0 radical (unpaired) electrons. The molecular weight excluding hydrogens is 526 g/mol. The van der Waals surface area contributed by atoms with Crippen molar-refractivity contribution in [2.24, 2.45) is 0 Å². The van der Waals surface area contributed by atoms with Crippen LogP contribution < -0.4 is 16.6 Å². The number of rotatable bonds is 8. The van der Waals surface area contributed by atoms with Gasteiger partial charge in [0.1, 0.15) is 17.0 Å². The van der Waals surface area contributed by atoms with Gasteiger partial charge >= 0.3 is 19.9 Å². The topological polar surface area (TPSA) is 173 Å². The van der Waals surface area contributed by atoms with E-state index in [9.17, 15) is 24.9 Å². The van der Waals surface area contributed by atoms with E-state index in [-0.39, 0.29) is 13.1 Å². The zero-order chi connectivity index (χ0) is 28.5. The first-order valence-electron chi connectivity index (χ1n) is 12.6. The fourth-order valence-electron chi connectivity index (χ4n) is 4.75. The maximum atomic E-state index is 11.9. The summed E-state index contributed by atoms with van der Waals surface area (Å²) in [6.45, 7) is 0.496. The lowest BCUT2D eigenvalue weighted by molar-refractivity contribution is 0.424. The number of aromatic nitrogens is 6. The minimum absolute atomic E-state index is 0.241. The average molecular weight is 548 g/mol. The van der Waals surface area contributed by atoms with Crippen molar-refractivity contribution in [3.63, 3.8) is 0 Å². The van der Waals surface area contributed by atoms with Gasteiger partial charge in [-0.05, 0) is 40.3 Å². The van der Waals surface area contributed by atoms with E-state index in [1.165, 1.54) is 6.07 Å². The zero-order valence-electron chi connectivity index (χ0n) is 21.4. The van der Waals surface area contributed by atoms with E-state index in [4.69, 9.17) is 4.42 Å². The predicted molar refractivity (Wildman–Crippen MR) is 151 cm³/mol. The monoisotopic (exact) mass is 548 g/mol. The fourth-order valence-corrected chi connectivity index (χ4v) is 4.75. The van der Waals surface area contributed by atoms with Gasteiger partial charge in [0.25, 0.3) is 0 Å². The minimum Gasteiger partial charge on any atom is -0.423 e. The van der Waals surface area contributed by atoms with Crippen molar-refractivity contribution in [3.05, 3.63) is 107 Å². The highest BCUT2D eigenvalue weighted by Crippen LogP contribution is 2.33. The maximum Gasteiger partial charge on any atom is 0.488 e. The SMILES string of the molecule is O=c1ccc2cc(-c3cn(Cc4ccccc4B(O)O)nn3)c(-c3cn(Cc4ccccc4B(O)O)nn3)cc2o1. The van der Waals surface area contributed by atoms with Crippen LogP contribution in [0.2, 0.25) is 0 Å². The van der Waals surface area contributed by atoms with Gasteiger partial charge in [-0.15, -0.1) is 10.2 Å². The third-order valence-corrected chi connectivity index (χ3v) is 6.72. The molecule has 12 nitrogen and oxygen atoms in total. The van der Waals surface area contributed by atoms with Gasteiger partial charge in [0.2, 0.25) is 0 Å². The van der Waals surface area contributed by atoms with Gasteiger partial charge in [-0.25, -0.2) is 14.2 Å². The Morgan fingerprint density at radius 2 is 1.20 bits per heavy atom. The molecule has 0 unspecified atom stereocenters. The molecule has 14 heteroatoms. The second-order valence-electron chi connectivity index (χ2n) is 9.44. The molecule has 0 bridgehead atoms. The maximum absolute atomic E-state index is 11.9. The van der Waals surface area contributed by atoms with Gasteiger partial charge < -0.3 is 24.5 Å². The van der Waals surface area contributed by atoms with Crippen LogP contribution in [0.5, 0.6) is 0 Å². The Kier molecular flexibility index (Phi) is 7.03. The Morgan fingerprint density at radius 1 is 0.683 bits per heavy atom. The second kappa shape index (κ2) is 10.9. The molecular formula is C27H22B2N6O6. The standard InChI is InChI=1S/C27H22B2N6O6/c36-27-10-9-17-11-20(24-15-34(32-30-24)13-18-5-1-3-7-22(18)28(37)38)21(12-26(17)41-27)25-16-35(33-31-25)14-19-6-2-4-8-23(19)29(39)40/h1-12,15-16,37-40H,13-14H2. The van der Waals surface area contributed by atoms with Gasteiger partial charge in [0.15, 0.2) is 0 Å². The van der Waals surface area contributed by atoms with E-state index in [2.05, 4.69) is 20.6 Å².